The molecule has 124 valence electrons. The van der Waals surface area contributed by atoms with Crippen LogP contribution in [0.2, 0.25) is 0 Å². The molecule has 0 aliphatic carbocycles. The molecule has 6 heteroatoms. The number of carbonyl (C=O) groups excluding carboxylic acids is 1. The van der Waals surface area contributed by atoms with Crippen molar-refractivity contribution in [2.75, 3.05) is 6.61 Å². The number of nitrogens with one attached hydrogen (secondary N) is 1. The number of aliphatic hydroxyl groups excluding tert-OH is 1. The van der Waals surface area contributed by atoms with Crippen LogP contribution in [0.3, 0.4) is 0 Å². The summed E-state index contributed by atoms with van der Waals surface area (Å²) < 4.78 is 11.7. The Balaban J connectivity index is 2.80. The van der Waals surface area contributed by atoms with Crippen molar-refractivity contribution in [3.63, 3.8) is 0 Å². The summed E-state index contributed by atoms with van der Waals surface area (Å²) in [7, 11) is 0. The Hall–Kier alpha value is -0.690. The Labute approximate surface area is 127 Å². The fraction of sp³-hybridized carbons (Fsp3) is 0.933. The van der Waals surface area contributed by atoms with E-state index in [0.717, 1.165) is 12.8 Å². The van der Waals surface area contributed by atoms with E-state index in [-0.39, 0.29) is 17.9 Å². The third-order valence-electron chi connectivity index (χ3n) is 4.25. The molecule has 1 aliphatic heterocycles. The monoisotopic (exact) mass is 302 g/mol. The lowest BCUT2D eigenvalue weighted by atomic mass is 9.88. The van der Waals surface area contributed by atoms with Crippen molar-refractivity contribution in [2.24, 2.45) is 11.7 Å². The number of aliphatic hydroxyl groups is 1. The summed E-state index contributed by atoms with van der Waals surface area (Å²) in [4.78, 5) is 11.4. The van der Waals surface area contributed by atoms with E-state index in [0.29, 0.717) is 6.61 Å². The van der Waals surface area contributed by atoms with Gasteiger partial charge in [0.2, 0.25) is 5.91 Å². The zero-order valence-electron chi connectivity index (χ0n) is 13.8. The summed E-state index contributed by atoms with van der Waals surface area (Å²) in [6.07, 6.45) is 0.0579. The zero-order valence-corrected chi connectivity index (χ0v) is 13.8. The topological polar surface area (TPSA) is 93.8 Å². The molecule has 6 atom stereocenters. The molecule has 6 nitrogen and oxygen atoms in total. The van der Waals surface area contributed by atoms with Crippen LogP contribution in [0.4, 0.5) is 0 Å². The first-order valence-electron chi connectivity index (χ1n) is 7.73. The van der Waals surface area contributed by atoms with Gasteiger partial charge in [0.1, 0.15) is 6.04 Å². The Morgan fingerprint density at radius 1 is 1.48 bits per heavy atom. The predicted octanol–water partition coefficient (Wildman–Crippen LogP) is 0.767. The summed E-state index contributed by atoms with van der Waals surface area (Å²) in [5.74, 6) is -0.286. The maximum Gasteiger partial charge on any atom is 0.217 e. The van der Waals surface area contributed by atoms with E-state index in [4.69, 9.17) is 15.2 Å². The number of nitrogens with two attached hydrogens (primary N) is 1. The Kier molecular flexibility index (Phi) is 6.59. The van der Waals surface area contributed by atoms with E-state index in [2.05, 4.69) is 5.32 Å². The van der Waals surface area contributed by atoms with E-state index in [1.165, 1.54) is 6.92 Å². The van der Waals surface area contributed by atoms with Crippen molar-refractivity contribution < 1.29 is 19.4 Å². The number of rotatable bonds is 6. The standard InChI is InChI=1S/C15H30N2O4/c1-6-11-9(3)13(19)12(17-10(4)18)14(21-11)20-8-15(5,16)7-2/h9,11-14,19H,6-8,16H2,1-5H3,(H,17,18). The van der Waals surface area contributed by atoms with Crippen LogP contribution in [0.25, 0.3) is 0 Å². The van der Waals surface area contributed by atoms with E-state index in [1.54, 1.807) is 0 Å². The van der Waals surface area contributed by atoms with Crippen molar-refractivity contribution in [2.45, 2.75) is 77.5 Å². The molecule has 6 unspecified atom stereocenters. The summed E-state index contributed by atoms with van der Waals surface area (Å²) in [6.45, 7) is 9.54. The van der Waals surface area contributed by atoms with E-state index < -0.39 is 24.0 Å². The van der Waals surface area contributed by atoms with Gasteiger partial charge in [-0.3, -0.25) is 4.79 Å². The Morgan fingerprint density at radius 2 is 2.10 bits per heavy atom. The molecule has 0 bridgehead atoms. The van der Waals surface area contributed by atoms with Gasteiger partial charge in [-0.2, -0.15) is 0 Å². The minimum atomic E-state index is -0.705. The first-order chi connectivity index (χ1) is 9.71. The molecule has 0 saturated carbocycles. The van der Waals surface area contributed by atoms with E-state index in [9.17, 15) is 9.90 Å². The van der Waals surface area contributed by atoms with Gasteiger partial charge in [-0.15, -0.1) is 0 Å². The van der Waals surface area contributed by atoms with Gasteiger partial charge < -0.3 is 25.6 Å². The quantitative estimate of drug-likeness (QED) is 0.674. The highest BCUT2D eigenvalue weighted by molar-refractivity contribution is 5.73. The molecule has 1 rings (SSSR count). The SMILES string of the molecule is CCC1OC(OCC(C)(N)CC)C(NC(C)=O)C(O)C1C. The second kappa shape index (κ2) is 7.54. The molecule has 0 radical (unpaired) electrons. The fourth-order valence-corrected chi connectivity index (χ4v) is 2.46. The van der Waals surface area contributed by atoms with Gasteiger partial charge in [-0.25, -0.2) is 0 Å². The molecule has 1 aliphatic rings. The van der Waals surface area contributed by atoms with Crippen LogP contribution in [0.1, 0.15) is 47.5 Å². The largest absolute Gasteiger partial charge is 0.390 e. The third-order valence-corrected chi connectivity index (χ3v) is 4.25. The second-order valence-corrected chi connectivity index (χ2v) is 6.35. The molecule has 1 heterocycles. The summed E-state index contributed by atoms with van der Waals surface area (Å²) in [6, 6.07) is -0.576. The normalized spacial score (nSPS) is 36.0. The molecule has 0 spiro atoms. The molecule has 1 amide bonds. The Morgan fingerprint density at radius 3 is 2.57 bits per heavy atom. The van der Waals surface area contributed by atoms with Crippen molar-refractivity contribution in [1.29, 1.82) is 0 Å². The van der Waals surface area contributed by atoms with Gasteiger partial charge in [0.05, 0.1) is 18.8 Å². The van der Waals surface area contributed by atoms with Gasteiger partial charge in [-0.1, -0.05) is 20.8 Å². The molecule has 0 aromatic carbocycles. The smallest absolute Gasteiger partial charge is 0.217 e. The average molecular weight is 302 g/mol. The lowest BCUT2D eigenvalue weighted by Gasteiger charge is -2.44. The first kappa shape index (κ1) is 18.4. The van der Waals surface area contributed by atoms with Gasteiger partial charge in [0.15, 0.2) is 6.29 Å². The van der Waals surface area contributed by atoms with Gasteiger partial charge >= 0.3 is 0 Å². The zero-order chi connectivity index (χ0) is 16.2. The number of hydrogen-bond donors (Lipinski definition) is 3. The van der Waals surface area contributed by atoms with Crippen LogP contribution in [-0.2, 0) is 14.3 Å². The van der Waals surface area contributed by atoms with E-state index in [1.807, 2.05) is 27.7 Å². The summed E-state index contributed by atoms with van der Waals surface area (Å²) >= 11 is 0. The highest BCUT2D eigenvalue weighted by Gasteiger charge is 2.43. The second-order valence-electron chi connectivity index (χ2n) is 6.35. The van der Waals surface area contributed by atoms with Crippen molar-refractivity contribution in [3.8, 4) is 0 Å². The molecular formula is C15H30N2O4. The average Bonchev–Trinajstić information content (AvgIpc) is 2.43. The van der Waals surface area contributed by atoms with Crippen LogP contribution in [-0.4, -0.2) is 47.7 Å². The maximum absolute atomic E-state index is 11.4. The van der Waals surface area contributed by atoms with Gasteiger partial charge in [0, 0.05) is 18.4 Å². The molecule has 1 saturated heterocycles. The highest BCUT2D eigenvalue weighted by Crippen LogP contribution is 2.29. The lowest BCUT2D eigenvalue weighted by Crippen LogP contribution is -2.61. The summed E-state index contributed by atoms with van der Waals surface area (Å²) in [5, 5.41) is 13.2. The van der Waals surface area contributed by atoms with Crippen LogP contribution < -0.4 is 11.1 Å². The minimum Gasteiger partial charge on any atom is -0.390 e. The van der Waals surface area contributed by atoms with Crippen LogP contribution >= 0.6 is 0 Å². The van der Waals surface area contributed by atoms with Gasteiger partial charge in [0.25, 0.3) is 0 Å². The number of hydrogen-bond acceptors (Lipinski definition) is 5. The van der Waals surface area contributed by atoms with Crippen LogP contribution in [0, 0.1) is 5.92 Å². The van der Waals surface area contributed by atoms with Gasteiger partial charge in [-0.05, 0) is 19.8 Å². The van der Waals surface area contributed by atoms with Crippen molar-refractivity contribution in [1.82, 2.24) is 5.32 Å². The van der Waals surface area contributed by atoms with Crippen LogP contribution in [0.15, 0.2) is 0 Å². The number of ether oxygens (including phenoxy) is 2. The van der Waals surface area contributed by atoms with Crippen LogP contribution in [0.5, 0.6) is 0 Å². The Bertz CT molecular complexity index is 349. The van der Waals surface area contributed by atoms with E-state index >= 15 is 0 Å². The third kappa shape index (κ3) is 4.92. The molecular weight excluding hydrogens is 272 g/mol. The minimum absolute atomic E-state index is 0.0675. The predicted molar refractivity (Wildman–Crippen MR) is 80.6 cm³/mol. The lowest BCUT2D eigenvalue weighted by molar-refractivity contribution is -0.253. The fourth-order valence-electron chi connectivity index (χ4n) is 2.46. The molecule has 0 aromatic heterocycles. The number of amides is 1. The molecule has 1 fully saturated rings. The number of carbonyl (C=O) groups is 1. The molecule has 21 heavy (non-hydrogen) atoms. The summed E-state index contributed by atoms with van der Waals surface area (Å²) in [5.41, 5.74) is 5.62. The van der Waals surface area contributed by atoms with Crippen molar-refractivity contribution >= 4 is 5.91 Å². The highest BCUT2D eigenvalue weighted by atomic mass is 16.7. The first-order valence-corrected chi connectivity index (χ1v) is 7.73. The molecule has 4 N–H and O–H groups in total. The molecule has 0 aromatic rings. The van der Waals surface area contributed by atoms with Crippen molar-refractivity contribution in [3.05, 3.63) is 0 Å². The maximum atomic E-state index is 11.4.